The van der Waals surface area contributed by atoms with E-state index in [1.165, 1.54) is 5.69 Å². The lowest BCUT2D eigenvalue weighted by molar-refractivity contribution is 0.217. The predicted molar refractivity (Wildman–Crippen MR) is 83.3 cm³/mol. The molecule has 1 rings (SSSR count). The smallest absolute Gasteiger partial charge is 0.121 e. The summed E-state index contributed by atoms with van der Waals surface area (Å²) in [6.45, 7) is 12.6. The van der Waals surface area contributed by atoms with Crippen molar-refractivity contribution < 1.29 is 4.74 Å². The Hall–Kier alpha value is -1.22. The highest BCUT2D eigenvalue weighted by atomic mass is 16.5. The summed E-state index contributed by atoms with van der Waals surface area (Å²) in [7, 11) is 0. The molecule has 1 aromatic rings. The third-order valence-corrected chi connectivity index (χ3v) is 3.14. The molecule has 1 atom stereocenters. The summed E-state index contributed by atoms with van der Waals surface area (Å²) in [4.78, 5) is 2.33. The van der Waals surface area contributed by atoms with Gasteiger partial charge in [-0.25, -0.2) is 0 Å². The van der Waals surface area contributed by atoms with Crippen LogP contribution in [0.4, 0.5) is 5.69 Å². The SMILES string of the molecule is CCCNCC(C)Oc1cccc(N(CC)CC)c1. The van der Waals surface area contributed by atoms with Gasteiger partial charge in [0, 0.05) is 31.4 Å². The van der Waals surface area contributed by atoms with Gasteiger partial charge in [-0.15, -0.1) is 0 Å². The number of nitrogens with one attached hydrogen (secondary N) is 1. The van der Waals surface area contributed by atoms with Gasteiger partial charge >= 0.3 is 0 Å². The molecule has 1 aromatic carbocycles. The Bertz CT molecular complexity index is 350. The van der Waals surface area contributed by atoms with Crippen molar-refractivity contribution in [2.45, 2.75) is 40.2 Å². The highest BCUT2D eigenvalue weighted by Gasteiger charge is 2.06. The van der Waals surface area contributed by atoms with Crippen LogP contribution >= 0.6 is 0 Å². The minimum atomic E-state index is 0.193. The lowest BCUT2D eigenvalue weighted by Gasteiger charge is -2.22. The molecule has 0 aliphatic heterocycles. The van der Waals surface area contributed by atoms with Crippen LogP contribution in [0.2, 0.25) is 0 Å². The van der Waals surface area contributed by atoms with Gasteiger partial charge in [0.2, 0.25) is 0 Å². The number of nitrogens with zero attached hydrogens (tertiary/aromatic N) is 1. The Labute approximate surface area is 118 Å². The zero-order valence-corrected chi connectivity index (χ0v) is 12.8. The molecule has 0 heterocycles. The van der Waals surface area contributed by atoms with Crippen LogP contribution < -0.4 is 15.0 Å². The fraction of sp³-hybridized carbons (Fsp3) is 0.625. The van der Waals surface area contributed by atoms with E-state index in [9.17, 15) is 0 Å². The summed E-state index contributed by atoms with van der Waals surface area (Å²) >= 11 is 0. The van der Waals surface area contributed by atoms with Crippen LogP contribution in [0.3, 0.4) is 0 Å². The van der Waals surface area contributed by atoms with Crippen molar-refractivity contribution in [3.63, 3.8) is 0 Å². The zero-order chi connectivity index (χ0) is 14.1. The molecule has 108 valence electrons. The normalized spacial score (nSPS) is 12.2. The van der Waals surface area contributed by atoms with Crippen molar-refractivity contribution >= 4 is 5.69 Å². The fourth-order valence-electron chi connectivity index (χ4n) is 2.10. The number of rotatable bonds is 9. The Morgan fingerprint density at radius 1 is 1.21 bits per heavy atom. The van der Waals surface area contributed by atoms with Crippen molar-refractivity contribution in [2.75, 3.05) is 31.1 Å². The fourth-order valence-corrected chi connectivity index (χ4v) is 2.10. The van der Waals surface area contributed by atoms with Crippen molar-refractivity contribution in [3.05, 3.63) is 24.3 Å². The summed E-state index contributed by atoms with van der Waals surface area (Å²) in [5.74, 6) is 0.954. The van der Waals surface area contributed by atoms with E-state index in [4.69, 9.17) is 4.74 Å². The van der Waals surface area contributed by atoms with Crippen LogP contribution in [-0.4, -0.2) is 32.3 Å². The molecule has 3 heteroatoms. The van der Waals surface area contributed by atoms with Gasteiger partial charge in [0.25, 0.3) is 0 Å². The van der Waals surface area contributed by atoms with Crippen LogP contribution in [0, 0.1) is 0 Å². The van der Waals surface area contributed by atoms with Crippen molar-refractivity contribution in [2.24, 2.45) is 0 Å². The minimum Gasteiger partial charge on any atom is -0.489 e. The molecule has 0 fully saturated rings. The first-order valence-corrected chi connectivity index (χ1v) is 7.43. The van der Waals surface area contributed by atoms with Crippen LogP contribution in [0.1, 0.15) is 34.1 Å². The Kier molecular flexibility index (Phi) is 7.34. The van der Waals surface area contributed by atoms with Gasteiger partial charge in [0.05, 0.1) is 0 Å². The van der Waals surface area contributed by atoms with Crippen LogP contribution in [0.25, 0.3) is 0 Å². The molecule has 3 nitrogen and oxygen atoms in total. The lowest BCUT2D eigenvalue weighted by Crippen LogP contribution is -2.29. The van der Waals surface area contributed by atoms with Crippen molar-refractivity contribution in [1.82, 2.24) is 5.32 Å². The van der Waals surface area contributed by atoms with Crippen LogP contribution in [0.5, 0.6) is 5.75 Å². The molecular weight excluding hydrogens is 236 g/mol. The molecule has 1 unspecified atom stereocenters. The molecule has 0 aromatic heterocycles. The summed E-state index contributed by atoms with van der Waals surface area (Å²) in [5.41, 5.74) is 1.23. The molecule has 0 saturated carbocycles. The number of benzene rings is 1. The second-order valence-electron chi connectivity index (χ2n) is 4.80. The maximum atomic E-state index is 5.95. The van der Waals surface area contributed by atoms with E-state index >= 15 is 0 Å². The second-order valence-corrected chi connectivity index (χ2v) is 4.80. The van der Waals surface area contributed by atoms with E-state index in [1.807, 2.05) is 6.07 Å². The van der Waals surface area contributed by atoms with Crippen LogP contribution in [-0.2, 0) is 0 Å². The monoisotopic (exact) mass is 264 g/mol. The summed E-state index contributed by atoms with van der Waals surface area (Å²) in [6, 6.07) is 8.36. The van der Waals surface area contributed by atoms with Gasteiger partial charge in [-0.2, -0.15) is 0 Å². The third-order valence-electron chi connectivity index (χ3n) is 3.14. The predicted octanol–water partition coefficient (Wildman–Crippen LogP) is 3.30. The Balaban J connectivity index is 2.56. The highest BCUT2D eigenvalue weighted by Crippen LogP contribution is 2.21. The van der Waals surface area contributed by atoms with Gasteiger partial charge in [0.1, 0.15) is 11.9 Å². The summed E-state index contributed by atoms with van der Waals surface area (Å²) in [5, 5.41) is 3.38. The van der Waals surface area contributed by atoms with E-state index in [-0.39, 0.29) is 6.10 Å². The third kappa shape index (κ3) is 5.52. The standard InChI is InChI=1S/C16H28N2O/c1-5-11-17-13-14(4)19-16-10-8-9-15(12-16)18(6-2)7-3/h8-10,12,14,17H,5-7,11,13H2,1-4H3. The van der Waals surface area contributed by atoms with Gasteiger partial charge in [-0.1, -0.05) is 13.0 Å². The minimum absolute atomic E-state index is 0.193. The zero-order valence-electron chi connectivity index (χ0n) is 12.8. The first kappa shape index (κ1) is 15.8. The number of hydrogen-bond acceptors (Lipinski definition) is 3. The molecule has 0 saturated heterocycles. The number of anilines is 1. The van der Waals surface area contributed by atoms with E-state index in [2.05, 4.69) is 56.1 Å². The molecule has 19 heavy (non-hydrogen) atoms. The van der Waals surface area contributed by atoms with Gasteiger partial charge in [0.15, 0.2) is 0 Å². The number of ether oxygens (including phenoxy) is 1. The molecular formula is C16H28N2O. The van der Waals surface area contributed by atoms with E-state index in [0.717, 1.165) is 38.3 Å². The van der Waals surface area contributed by atoms with Crippen LogP contribution in [0.15, 0.2) is 24.3 Å². The summed E-state index contributed by atoms with van der Waals surface area (Å²) in [6.07, 6.45) is 1.35. The molecule has 0 amide bonds. The van der Waals surface area contributed by atoms with Crippen molar-refractivity contribution in [1.29, 1.82) is 0 Å². The topological polar surface area (TPSA) is 24.5 Å². The van der Waals surface area contributed by atoms with E-state index in [0.29, 0.717) is 0 Å². The van der Waals surface area contributed by atoms with Gasteiger partial charge < -0.3 is 15.0 Å². The molecule has 0 spiro atoms. The Morgan fingerprint density at radius 2 is 1.95 bits per heavy atom. The molecule has 0 aliphatic rings. The maximum absolute atomic E-state index is 5.95. The van der Waals surface area contributed by atoms with Gasteiger partial charge in [-0.3, -0.25) is 0 Å². The molecule has 0 radical (unpaired) electrons. The molecule has 0 aliphatic carbocycles. The van der Waals surface area contributed by atoms with E-state index < -0.39 is 0 Å². The quantitative estimate of drug-likeness (QED) is 0.693. The van der Waals surface area contributed by atoms with Gasteiger partial charge in [-0.05, 0) is 45.9 Å². The van der Waals surface area contributed by atoms with Crippen molar-refractivity contribution in [3.8, 4) is 5.75 Å². The average molecular weight is 264 g/mol. The maximum Gasteiger partial charge on any atom is 0.121 e. The number of hydrogen-bond donors (Lipinski definition) is 1. The molecule has 0 bridgehead atoms. The molecule has 1 N–H and O–H groups in total. The first-order valence-electron chi connectivity index (χ1n) is 7.43. The largest absolute Gasteiger partial charge is 0.489 e. The first-order chi connectivity index (χ1) is 9.21. The average Bonchev–Trinajstić information content (AvgIpc) is 2.41. The lowest BCUT2D eigenvalue weighted by atomic mass is 10.2. The second kappa shape index (κ2) is 8.81. The Morgan fingerprint density at radius 3 is 2.58 bits per heavy atom. The van der Waals surface area contributed by atoms with E-state index in [1.54, 1.807) is 0 Å². The highest BCUT2D eigenvalue weighted by molar-refractivity contribution is 5.50. The summed E-state index contributed by atoms with van der Waals surface area (Å²) < 4.78 is 5.95.